The van der Waals surface area contributed by atoms with Gasteiger partial charge in [-0.25, -0.2) is 8.78 Å². The lowest BCUT2D eigenvalue weighted by molar-refractivity contribution is -0.178. The number of alkyl halides is 5. The van der Waals surface area contributed by atoms with E-state index in [1.807, 2.05) is 0 Å². The van der Waals surface area contributed by atoms with E-state index in [9.17, 15) is 36.6 Å². The number of amides is 1. The van der Waals surface area contributed by atoms with Crippen LogP contribution in [-0.4, -0.2) is 29.1 Å². The van der Waals surface area contributed by atoms with Crippen molar-refractivity contribution in [2.45, 2.75) is 50.1 Å². The molecular weight excluding hydrogens is 516 g/mol. The Morgan fingerprint density at radius 2 is 1.66 bits per heavy atom. The highest BCUT2D eigenvalue weighted by molar-refractivity contribution is 6.33. The SMILES string of the molecule is C[C@H]([C@H](C(=O)Nc1cc(C(CC(=O)O)C2CC(F)(F)C2)ccc1Cl)c1ccc(Cl)cc1)C(F)(F)F. The number of carbonyl (C=O) groups excluding carboxylic acids is 1. The van der Waals surface area contributed by atoms with Crippen molar-refractivity contribution in [2.24, 2.45) is 11.8 Å². The lowest BCUT2D eigenvalue weighted by Gasteiger charge is -2.40. The number of halogens is 7. The number of carbonyl (C=O) groups is 2. The fourth-order valence-electron chi connectivity index (χ4n) is 4.34. The van der Waals surface area contributed by atoms with Gasteiger partial charge in [-0.3, -0.25) is 9.59 Å². The first-order valence-corrected chi connectivity index (χ1v) is 11.5. The van der Waals surface area contributed by atoms with Crippen LogP contribution >= 0.6 is 23.2 Å². The summed E-state index contributed by atoms with van der Waals surface area (Å²) in [6, 6.07) is 9.55. The average Bonchev–Trinajstić information content (AvgIpc) is 2.72. The van der Waals surface area contributed by atoms with Gasteiger partial charge in [0, 0.05) is 17.9 Å². The molecule has 2 aromatic carbocycles. The number of anilines is 1. The van der Waals surface area contributed by atoms with Crippen molar-refractivity contribution >= 4 is 40.8 Å². The van der Waals surface area contributed by atoms with Crippen LogP contribution in [0.1, 0.15) is 49.1 Å². The Bertz CT molecular complexity index is 1080. The highest BCUT2D eigenvalue weighted by Crippen LogP contribution is 2.50. The van der Waals surface area contributed by atoms with Gasteiger partial charge in [0.05, 0.1) is 29.0 Å². The second-order valence-corrected chi connectivity index (χ2v) is 9.66. The number of aliphatic carboxylic acids is 1. The lowest BCUT2D eigenvalue weighted by atomic mass is 9.69. The van der Waals surface area contributed by atoms with Crippen molar-refractivity contribution in [2.75, 3.05) is 5.32 Å². The van der Waals surface area contributed by atoms with Gasteiger partial charge in [0.25, 0.3) is 0 Å². The molecule has 0 aromatic heterocycles. The molecule has 0 saturated heterocycles. The predicted molar refractivity (Wildman–Crippen MR) is 122 cm³/mol. The Morgan fingerprint density at radius 1 is 1.09 bits per heavy atom. The molecule has 4 nitrogen and oxygen atoms in total. The summed E-state index contributed by atoms with van der Waals surface area (Å²) in [5.41, 5.74) is 0.396. The highest BCUT2D eigenvalue weighted by atomic mass is 35.5. The number of hydrogen-bond acceptors (Lipinski definition) is 2. The second-order valence-electron chi connectivity index (χ2n) is 8.82. The maximum Gasteiger partial charge on any atom is 0.392 e. The minimum atomic E-state index is -4.69. The maximum absolute atomic E-state index is 13.6. The molecule has 0 heterocycles. The fourth-order valence-corrected chi connectivity index (χ4v) is 4.63. The first-order chi connectivity index (χ1) is 16.2. The smallest absolute Gasteiger partial charge is 0.392 e. The van der Waals surface area contributed by atoms with E-state index in [-0.39, 0.29) is 21.3 Å². The van der Waals surface area contributed by atoms with Gasteiger partial charge in [-0.1, -0.05) is 48.3 Å². The molecule has 1 saturated carbocycles. The molecule has 1 aliphatic carbocycles. The van der Waals surface area contributed by atoms with Crippen molar-refractivity contribution < 1.29 is 36.6 Å². The third-order valence-electron chi connectivity index (χ3n) is 6.29. The summed E-state index contributed by atoms with van der Waals surface area (Å²) in [5.74, 6) is -10.1. The summed E-state index contributed by atoms with van der Waals surface area (Å²) >= 11 is 12.0. The van der Waals surface area contributed by atoms with Gasteiger partial charge in [-0.15, -0.1) is 0 Å². The predicted octanol–water partition coefficient (Wildman–Crippen LogP) is 7.52. The van der Waals surface area contributed by atoms with E-state index < -0.39 is 66.9 Å². The largest absolute Gasteiger partial charge is 0.481 e. The van der Waals surface area contributed by atoms with Crippen LogP contribution in [0.4, 0.5) is 27.6 Å². The summed E-state index contributed by atoms with van der Waals surface area (Å²) in [5, 5.41) is 12.0. The molecule has 3 atom stereocenters. The zero-order valence-corrected chi connectivity index (χ0v) is 19.9. The number of rotatable bonds is 8. The van der Waals surface area contributed by atoms with Crippen LogP contribution in [0.3, 0.4) is 0 Å². The first kappa shape index (κ1) is 27.2. The van der Waals surface area contributed by atoms with Gasteiger partial charge in [-0.2, -0.15) is 13.2 Å². The molecule has 190 valence electrons. The molecular formula is C24H22Cl2F5NO3. The van der Waals surface area contributed by atoms with Crippen LogP contribution in [0.2, 0.25) is 10.0 Å². The second kappa shape index (κ2) is 10.3. The molecule has 1 unspecified atom stereocenters. The van der Waals surface area contributed by atoms with E-state index >= 15 is 0 Å². The zero-order chi connectivity index (χ0) is 26.1. The normalized spacial score (nSPS) is 18.3. The first-order valence-electron chi connectivity index (χ1n) is 10.7. The van der Waals surface area contributed by atoms with Gasteiger partial charge in [-0.05, 0) is 47.2 Å². The molecule has 35 heavy (non-hydrogen) atoms. The van der Waals surface area contributed by atoms with E-state index in [1.54, 1.807) is 0 Å². The molecule has 1 amide bonds. The third-order valence-corrected chi connectivity index (χ3v) is 6.87. The van der Waals surface area contributed by atoms with Gasteiger partial charge in [0.2, 0.25) is 11.8 Å². The molecule has 3 rings (SSSR count). The topological polar surface area (TPSA) is 66.4 Å². The average molecular weight is 538 g/mol. The minimum Gasteiger partial charge on any atom is -0.481 e. The van der Waals surface area contributed by atoms with E-state index in [2.05, 4.69) is 5.32 Å². The molecule has 1 aliphatic rings. The minimum absolute atomic E-state index is 0.00429. The summed E-state index contributed by atoms with van der Waals surface area (Å²) in [4.78, 5) is 24.4. The standard InChI is InChI=1S/C24H22Cl2F5NO3/c1-12(24(29,30)31)21(13-2-5-16(25)6-3-13)22(35)32-19-8-14(4-7-18(19)26)17(9-20(33)34)15-10-23(27,28)11-15/h2-8,12,15,17,21H,9-11H2,1H3,(H,32,35)(H,33,34)/t12-,17?,21+/m1/s1. The number of hydrogen-bond donors (Lipinski definition) is 2. The molecule has 0 aliphatic heterocycles. The van der Waals surface area contributed by atoms with E-state index in [0.29, 0.717) is 5.56 Å². The van der Waals surface area contributed by atoms with Crippen molar-refractivity contribution in [3.8, 4) is 0 Å². The van der Waals surface area contributed by atoms with E-state index in [4.69, 9.17) is 23.2 Å². The maximum atomic E-state index is 13.6. The quantitative estimate of drug-likeness (QED) is 0.342. The number of carboxylic acid groups (broad SMARTS) is 1. The van der Waals surface area contributed by atoms with Crippen molar-refractivity contribution in [3.05, 3.63) is 63.6 Å². The third kappa shape index (κ3) is 6.64. The lowest BCUT2D eigenvalue weighted by Crippen LogP contribution is -2.39. The van der Waals surface area contributed by atoms with Crippen LogP contribution < -0.4 is 5.32 Å². The van der Waals surface area contributed by atoms with Crippen molar-refractivity contribution in [1.29, 1.82) is 0 Å². The summed E-state index contributed by atoms with van der Waals surface area (Å²) in [7, 11) is 0. The Morgan fingerprint density at radius 3 is 2.17 bits per heavy atom. The van der Waals surface area contributed by atoms with Crippen LogP contribution in [0, 0.1) is 11.8 Å². The van der Waals surface area contributed by atoms with Crippen LogP contribution in [0.25, 0.3) is 0 Å². The van der Waals surface area contributed by atoms with Gasteiger partial charge < -0.3 is 10.4 Å². The Labute approximate surface area is 208 Å². The van der Waals surface area contributed by atoms with Crippen molar-refractivity contribution in [3.63, 3.8) is 0 Å². The molecule has 0 radical (unpaired) electrons. The molecule has 1 fully saturated rings. The van der Waals surface area contributed by atoms with E-state index in [1.165, 1.54) is 42.5 Å². The van der Waals surface area contributed by atoms with Crippen LogP contribution in [-0.2, 0) is 9.59 Å². The molecule has 2 N–H and O–H groups in total. The van der Waals surface area contributed by atoms with Gasteiger partial charge in [0.15, 0.2) is 0 Å². The molecule has 0 spiro atoms. The number of benzene rings is 2. The monoisotopic (exact) mass is 537 g/mol. The highest BCUT2D eigenvalue weighted by Gasteiger charge is 2.49. The van der Waals surface area contributed by atoms with E-state index in [0.717, 1.165) is 6.92 Å². The summed E-state index contributed by atoms with van der Waals surface area (Å²) in [6.45, 7) is 0.885. The molecule has 0 bridgehead atoms. The molecule has 2 aromatic rings. The summed E-state index contributed by atoms with van der Waals surface area (Å²) in [6.07, 6.45) is -6.06. The van der Waals surface area contributed by atoms with Crippen LogP contribution in [0.5, 0.6) is 0 Å². The molecule has 11 heteroatoms. The number of nitrogens with one attached hydrogen (secondary N) is 1. The zero-order valence-electron chi connectivity index (χ0n) is 18.4. The van der Waals surface area contributed by atoms with Gasteiger partial charge >= 0.3 is 12.1 Å². The van der Waals surface area contributed by atoms with Crippen LogP contribution in [0.15, 0.2) is 42.5 Å². The Kier molecular flexibility index (Phi) is 8.01. The number of carboxylic acids is 1. The summed E-state index contributed by atoms with van der Waals surface area (Å²) < 4.78 is 67.6. The van der Waals surface area contributed by atoms with Gasteiger partial charge in [0.1, 0.15) is 0 Å². The fraction of sp³-hybridized carbons (Fsp3) is 0.417. The Balaban J connectivity index is 1.92. The van der Waals surface area contributed by atoms with Crippen molar-refractivity contribution in [1.82, 2.24) is 0 Å². The Hall–Kier alpha value is -2.39.